The number of sulfonamides is 1. The number of carbonyl (C=O) groups excluding carboxylic acids is 2. The lowest BCUT2D eigenvalue weighted by atomic mass is 9.96. The van der Waals surface area contributed by atoms with Gasteiger partial charge in [-0.2, -0.15) is 4.31 Å². The number of benzene rings is 2. The summed E-state index contributed by atoms with van der Waals surface area (Å²) in [5, 5.41) is 9.90. The van der Waals surface area contributed by atoms with Crippen molar-refractivity contribution in [2.75, 3.05) is 39.4 Å². The third-order valence-corrected chi connectivity index (χ3v) is 9.42. The van der Waals surface area contributed by atoms with E-state index in [1.54, 1.807) is 4.90 Å². The van der Waals surface area contributed by atoms with E-state index in [1.807, 2.05) is 0 Å². The molecule has 0 saturated carbocycles. The first-order chi connectivity index (χ1) is 18.6. The molecule has 5 rings (SSSR count). The summed E-state index contributed by atoms with van der Waals surface area (Å²) >= 11 is 5.81. The maximum atomic E-state index is 15.0. The van der Waals surface area contributed by atoms with Gasteiger partial charge < -0.3 is 19.3 Å². The second kappa shape index (κ2) is 10.5. The molecular formula is C24H25ClF2N4O7S. The Hall–Kier alpha value is -3.04. The molecule has 3 saturated heterocycles. The molecule has 2 atom stereocenters. The lowest BCUT2D eigenvalue weighted by molar-refractivity contribution is -0.141. The maximum Gasteiger partial charge on any atom is 0.320 e. The smallest absolute Gasteiger partial charge is 0.320 e. The molecule has 2 N–H and O–H groups in total. The van der Waals surface area contributed by atoms with Gasteiger partial charge in [0.05, 0.1) is 24.7 Å². The molecule has 2 aromatic carbocycles. The number of likely N-dealkylation sites (tertiary alicyclic amines) is 1. The van der Waals surface area contributed by atoms with Crippen LogP contribution in [0.25, 0.3) is 0 Å². The van der Waals surface area contributed by atoms with Crippen LogP contribution in [-0.4, -0.2) is 90.6 Å². The molecular weight excluding hydrogens is 562 g/mol. The summed E-state index contributed by atoms with van der Waals surface area (Å²) in [6, 6.07) is 5.64. The summed E-state index contributed by atoms with van der Waals surface area (Å²) in [6.45, 7) is 0.975. The number of hydrogen-bond acceptors (Lipinski definition) is 7. The Kier molecular flexibility index (Phi) is 7.41. The molecule has 0 aliphatic carbocycles. The molecule has 210 valence electrons. The number of hydrogen-bond donors (Lipinski definition) is 2. The van der Waals surface area contributed by atoms with E-state index < -0.39 is 55.8 Å². The molecule has 0 radical (unpaired) electrons. The highest BCUT2D eigenvalue weighted by Crippen LogP contribution is 2.44. The third-order valence-electron chi connectivity index (χ3n) is 7.17. The average Bonchev–Trinajstić information content (AvgIpc) is 3.19. The monoisotopic (exact) mass is 586 g/mol. The summed E-state index contributed by atoms with van der Waals surface area (Å²) in [7, 11) is -4.69. The van der Waals surface area contributed by atoms with E-state index in [2.05, 4.69) is 0 Å². The highest BCUT2D eigenvalue weighted by Gasteiger charge is 2.62. The molecule has 2 aromatic rings. The van der Waals surface area contributed by atoms with Gasteiger partial charge in [0.2, 0.25) is 10.0 Å². The van der Waals surface area contributed by atoms with Crippen molar-refractivity contribution in [3.63, 3.8) is 0 Å². The number of nitrogens with one attached hydrogen (secondary N) is 1. The normalized spacial score (nSPS) is 23.5. The topological polar surface area (TPSA) is 129 Å². The first-order valence-electron chi connectivity index (χ1n) is 12.1. The van der Waals surface area contributed by atoms with Crippen LogP contribution in [0, 0.1) is 11.6 Å². The quantitative estimate of drug-likeness (QED) is 0.407. The fourth-order valence-electron chi connectivity index (χ4n) is 5.36. The maximum absolute atomic E-state index is 15.0. The van der Waals surface area contributed by atoms with Gasteiger partial charge >= 0.3 is 6.03 Å². The van der Waals surface area contributed by atoms with E-state index in [-0.39, 0.29) is 31.7 Å². The molecule has 3 amide bonds. The lowest BCUT2D eigenvalue weighted by Crippen LogP contribution is -2.70. The average molecular weight is 587 g/mol. The number of urea groups is 1. The Labute approximate surface area is 227 Å². The molecule has 0 spiro atoms. The van der Waals surface area contributed by atoms with Crippen molar-refractivity contribution in [1.82, 2.24) is 19.6 Å². The van der Waals surface area contributed by atoms with Gasteiger partial charge in [-0.3, -0.25) is 10.0 Å². The highest BCUT2D eigenvalue weighted by atomic mass is 35.5. The van der Waals surface area contributed by atoms with Gasteiger partial charge in [-0.15, -0.1) is 0 Å². The number of fused-ring (bicyclic) bond motifs is 2. The number of amides is 3. The van der Waals surface area contributed by atoms with Crippen LogP contribution in [0.1, 0.15) is 12.8 Å². The minimum atomic E-state index is -4.69. The summed E-state index contributed by atoms with van der Waals surface area (Å²) in [5.41, 5.74) is -0.370. The number of hydroxylamine groups is 1. The largest absolute Gasteiger partial charge is 0.451 e. The van der Waals surface area contributed by atoms with Gasteiger partial charge in [0.1, 0.15) is 11.3 Å². The number of ether oxygens (including phenoxy) is 2. The molecule has 39 heavy (non-hydrogen) atoms. The van der Waals surface area contributed by atoms with E-state index in [1.165, 1.54) is 34.6 Å². The van der Waals surface area contributed by atoms with E-state index in [0.29, 0.717) is 43.5 Å². The highest BCUT2D eigenvalue weighted by molar-refractivity contribution is 7.89. The fraction of sp³-hybridized carbons (Fsp3) is 0.417. The first kappa shape index (κ1) is 27.5. The molecule has 3 heterocycles. The van der Waals surface area contributed by atoms with Crippen molar-refractivity contribution in [2.24, 2.45) is 0 Å². The molecule has 15 heteroatoms. The number of nitrogens with zero attached hydrogens (tertiary/aromatic N) is 3. The molecule has 2 bridgehead atoms. The summed E-state index contributed by atoms with van der Waals surface area (Å²) in [5.74, 6) is -4.35. The van der Waals surface area contributed by atoms with Crippen molar-refractivity contribution in [1.29, 1.82) is 0 Å². The van der Waals surface area contributed by atoms with Crippen LogP contribution in [-0.2, 0) is 19.6 Å². The zero-order valence-electron chi connectivity index (χ0n) is 20.5. The molecule has 3 aliphatic heterocycles. The summed E-state index contributed by atoms with van der Waals surface area (Å²) in [4.78, 5) is 28.3. The molecule has 2 unspecified atom stereocenters. The summed E-state index contributed by atoms with van der Waals surface area (Å²) < 4.78 is 69.0. The van der Waals surface area contributed by atoms with Gasteiger partial charge in [0, 0.05) is 30.7 Å². The standard InChI is InChI=1S/C24H25ClF2N4O7S/c25-15-1-3-17(4-2-15)38-21-19(26)11-18(12-20(21)27)39(35,36)31-16-5-6-24(31,22(32)28-34)14-30(13-16)23(33)29-7-9-37-10-8-29/h1-4,11-12,16,34H,5-10,13-14H2,(H,28,32). The number of piperazine rings is 1. The Morgan fingerprint density at radius 1 is 1.10 bits per heavy atom. The van der Waals surface area contributed by atoms with Crippen molar-refractivity contribution >= 4 is 33.6 Å². The third kappa shape index (κ3) is 4.91. The fourth-order valence-corrected chi connectivity index (χ4v) is 7.48. The van der Waals surface area contributed by atoms with E-state index >= 15 is 8.78 Å². The predicted octanol–water partition coefficient (Wildman–Crippen LogP) is 2.58. The SMILES string of the molecule is O=C(N1CCOCC1)N1CC2CCC(C(=O)NO)(C1)N2S(=O)(=O)c1cc(F)c(Oc2ccc(Cl)cc2)c(F)c1. The molecule has 0 aromatic heterocycles. The van der Waals surface area contributed by atoms with Gasteiger partial charge in [0.15, 0.2) is 17.4 Å². The van der Waals surface area contributed by atoms with Crippen molar-refractivity contribution < 1.29 is 41.5 Å². The van der Waals surface area contributed by atoms with Crippen LogP contribution < -0.4 is 10.2 Å². The minimum absolute atomic E-state index is 0.0150. The van der Waals surface area contributed by atoms with Crippen LogP contribution in [0.4, 0.5) is 13.6 Å². The van der Waals surface area contributed by atoms with Crippen LogP contribution in [0.15, 0.2) is 41.3 Å². The predicted molar refractivity (Wildman–Crippen MR) is 132 cm³/mol. The van der Waals surface area contributed by atoms with Crippen LogP contribution in [0.5, 0.6) is 11.5 Å². The minimum Gasteiger partial charge on any atom is -0.451 e. The molecule has 3 fully saturated rings. The van der Waals surface area contributed by atoms with Gasteiger partial charge in [-0.25, -0.2) is 27.5 Å². The van der Waals surface area contributed by atoms with Crippen molar-refractivity contribution in [3.05, 3.63) is 53.1 Å². The van der Waals surface area contributed by atoms with Gasteiger partial charge in [-0.1, -0.05) is 11.6 Å². The Bertz CT molecular complexity index is 1370. The number of halogens is 3. The van der Waals surface area contributed by atoms with Crippen LogP contribution >= 0.6 is 11.6 Å². The Morgan fingerprint density at radius 2 is 1.74 bits per heavy atom. The lowest BCUT2D eigenvalue weighted by Gasteiger charge is -2.47. The number of carbonyl (C=O) groups is 2. The van der Waals surface area contributed by atoms with Crippen LogP contribution in [0.2, 0.25) is 5.02 Å². The first-order valence-corrected chi connectivity index (χ1v) is 13.9. The van der Waals surface area contributed by atoms with E-state index in [9.17, 15) is 23.2 Å². The zero-order chi connectivity index (χ0) is 27.9. The second-order valence-corrected chi connectivity index (χ2v) is 11.8. The second-order valence-electron chi connectivity index (χ2n) is 9.50. The number of rotatable bonds is 5. The summed E-state index contributed by atoms with van der Waals surface area (Å²) in [6.07, 6.45) is 0.168. The number of morpholine rings is 1. The molecule has 3 aliphatic rings. The van der Waals surface area contributed by atoms with Crippen molar-refractivity contribution in [3.8, 4) is 11.5 Å². The van der Waals surface area contributed by atoms with Crippen LogP contribution in [0.3, 0.4) is 0 Å². The Balaban J connectivity index is 1.47. The van der Waals surface area contributed by atoms with Gasteiger partial charge in [-0.05, 0) is 49.2 Å². The van der Waals surface area contributed by atoms with Crippen molar-refractivity contribution in [2.45, 2.75) is 29.3 Å². The molecule has 11 nitrogen and oxygen atoms in total. The van der Waals surface area contributed by atoms with E-state index in [4.69, 9.17) is 21.1 Å². The Morgan fingerprint density at radius 3 is 2.36 bits per heavy atom. The zero-order valence-corrected chi connectivity index (χ0v) is 22.1. The van der Waals surface area contributed by atoms with Gasteiger partial charge in [0.25, 0.3) is 5.91 Å². The van der Waals surface area contributed by atoms with E-state index in [0.717, 1.165) is 4.31 Å².